The van der Waals surface area contributed by atoms with Gasteiger partial charge in [0.1, 0.15) is 6.61 Å². The van der Waals surface area contributed by atoms with Crippen LogP contribution in [-0.4, -0.2) is 50.8 Å². The molecule has 3 saturated carbocycles. The zero-order valence-electron chi connectivity index (χ0n) is 24.4. The lowest BCUT2D eigenvalue weighted by atomic mass is 9.46. The second-order valence-electron chi connectivity index (χ2n) is 13.6. The SMILES string of the molecule is C[C@H](c1ccc(N)cc1)n1ccc([C@@H]2O[C@@H]3C[C@H]4[C@@H]5CCC6=CC(=O)C=C[C@]6(C)[C@H]5[C@@H](O)C[C@]4(C)[C@]3(C(=O)CO)O2)c1. The summed E-state index contributed by atoms with van der Waals surface area (Å²) in [6, 6.07) is 9.80. The van der Waals surface area contributed by atoms with Crippen molar-refractivity contribution < 1.29 is 29.3 Å². The molecule has 7 rings (SSSR count). The van der Waals surface area contributed by atoms with Crippen LogP contribution in [0.4, 0.5) is 5.69 Å². The van der Waals surface area contributed by atoms with Gasteiger partial charge in [0.2, 0.25) is 0 Å². The average Bonchev–Trinajstić information content (AvgIpc) is 3.66. The number of aliphatic hydroxyl groups is 2. The van der Waals surface area contributed by atoms with Crippen LogP contribution in [0.15, 0.2) is 66.5 Å². The molecule has 0 unspecified atom stereocenters. The van der Waals surface area contributed by atoms with Crippen molar-refractivity contribution in [1.29, 1.82) is 0 Å². The number of nitrogens with zero attached hydrogens (tertiary/aromatic N) is 1. The highest BCUT2D eigenvalue weighted by Gasteiger charge is 2.75. The molecule has 8 heteroatoms. The monoisotopic (exact) mass is 572 g/mol. The highest BCUT2D eigenvalue weighted by atomic mass is 16.7. The minimum atomic E-state index is -1.36. The number of benzene rings is 1. The first-order valence-corrected chi connectivity index (χ1v) is 15.1. The number of carbonyl (C=O) groups is 2. The third-order valence-electron chi connectivity index (χ3n) is 11.7. The predicted molar refractivity (Wildman–Crippen MR) is 156 cm³/mol. The van der Waals surface area contributed by atoms with Crippen LogP contribution in [0.1, 0.15) is 69.9 Å². The van der Waals surface area contributed by atoms with Crippen LogP contribution < -0.4 is 5.73 Å². The Hall–Kier alpha value is -3.04. The Bertz CT molecular complexity index is 1490. The normalized spacial score (nSPS) is 41.0. The standard InChI is InChI=1S/C34H40N2O6/c1-19(20-4-7-23(35)8-5-20)36-13-11-21(17-36)31-41-29-15-26-25-9-6-22-14-24(38)10-12-32(22,2)30(25)27(39)16-33(26,3)34(29,42-31)28(40)18-37/h4-5,7-8,10-14,17,19,25-27,29-31,37,39H,6,9,15-16,18,35H2,1-3H3/t19-,25+,26+,27+,29-,30-,31-,32+,33+,34-/m1/s1. The van der Waals surface area contributed by atoms with E-state index in [-0.39, 0.29) is 35.4 Å². The summed E-state index contributed by atoms with van der Waals surface area (Å²) in [4.78, 5) is 25.9. The van der Waals surface area contributed by atoms with E-state index in [1.807, 2.05) is 48.8 Å². The number of ketones is 2. The maximum atomic E-state index is 13.8. The molecule has 0 radical (unpaired) electrons. The minimum absolute atomic E-state index is 0.00323. The van der Waals surface area contributed by atoms with Gasteiger partial charge >= 0.3 is 0 Å². The zero-order chi connectivity index (χ0) is 29.6. The van der Waals surface area contributed by atoms with Gasteiger partial charge in [-0.25, -0.2) is 0 Å². The van der Waals surface area contributed by atoms with Gasteiger partial charge in [0.05, 0.1) is 18.2 Å². The zero-order valence-corrected chi connectivity index (χ0v) is 24.4. The van der Waals surface area contributed by atoms with E-state index < -0.39 is 41.5 Å². The number of Topliss-reactive ketones (excluding diaryl/α,β-unsaturated/α-hetero) is 1. The first-order chi connectivity index (χ1) is 20.0. The van der Waals surface area contributed by atoms with Crippen molar-refractivity contribution in [2.75, 3.05) is 12.3 Å². The van der Waals surface area contributed by atoms with Crippen molar-refractivity contribution in [2.24, 2.45) is 28.6 Å². The number of aromatic nitrogens is 1. The summed E-state index contributed by atoms with van der Waals surface area (Å²) in [5.41, 5.74) is 7.10. The van der Waals surface area contributed by atoms with E-state index in [0.717, 1.165) is 29.5 Å². The summed E-state index contributed by atoms with van der Waals surface area (Å²) < 4.78 is 15.4. The molecule has 4 aliphatic carbocycles. The highest BCUT2D eigenvalue weighted by Crippen LogP contribution is 2.70. The van der Waals surface area contributed by atoms with Gasteiger partial charge in [0.25, 0.3) is 0 Å². The van der Waals surface area contributed by atoms with E-state index in [1.165, 1.54) is 0 Å². The molecule has 1 aliphatic heterocycles. The molecule has 0 bridgehead atoms. The number of carbonyl (C=O) groups excluding carboxylic acids is 2. The molecule has 5 aliphatic rings. The lowest BCUT2D eigenvalue weighted by molar-refractivity contribution is -0.201. The molecular formula is C34H40N2O6. The maximum Gasteiger partial charge on any atom is 0.193 e. The topological polar surface area (TPSA) is 124 Å². The highest BCUT2D eigenvalue weighted by molar-refractivity contribution is 6.01. The fourth-order valence-corrected chi connectivity index (χ4v) is 9.59. The summed E-state index contributed by atoms with van der Waals surface area (Å²) in [7, 11) is 0. The Labute approximate surface area is 246 Å². The number of hydrogen-bond donors (Lipinski definition) is 3. The fourth-order valence-electron chi connectivity index (χ4n) is 9.59. The number of allylic oxidation sites excluding steroid dienone is 4. The van der Waals surface area contributed by atoms with Crippen molar-refractivity contribution in [3.05, 3.63) is 77.7 Å². The molecule has 1 saturated heterocycles. The van der Waals surface area contributed by atoms with Gasteiger partial charge in [0, 0.05) is 40.4 Å². The van der Waals surface area contributed by atoms with Crippen molar-refractivity contribution in [3.8, 4) is 0 Å². The molecule has 1 aromatic carbocycles. The van der Waals surface area contributed by atoms with Crippen molar-refractivity contribution in [1.82, 2.24) is 4.57 Å². The summed E-state index contributed by atoms with van der Waals surface area (Å²) in [5, 5.41) is 22.1. The van der Waals surface area contributed by atoms with Gasteiger partial charge in [-0.05, 0) is 80.4 Å². The average molecular weight is 573 g/mol. The maximum absolute atomic E-state index is 13.8. The number of anilines is 1. The van der Waals surface area contributed by atoms with E-state index in [4.69, 9.17) is 15.2 Å². The first-order valence-electron chi connectivity index (χ1n) is 15.1. The molecule has 10 atom stereocenters. The lowest BCUT2D eigenvalue weighted by Gasteiger charge is -2.59. The fraction of sp³-hybridized carbons (Fsp3) is 0.529. The molecule has 4 fully saturated rings. The number of fused-ring (bicyclic) bond motifs is 7. The number of nitrogen functional groups attached to an aromatic ring is 1. The van der Waals surface area contributed by atoms with Crippen molar-refractivity contribution in [2.45, 2.75) is 76.6 Å². The number of nitrogens with two attached hydrogens (primary N) is 1. The Kier molecular flexibility index (Phi) is 6.27. The summed E-state index contributed by atoms with van der Waals surface area (Å²) in [6.07, 6.45) is 9.92. The van der Waals surface area contributed by atoms with Gasteiger partial charge in [-0.3, -0.25) is 9.59 Å². The van der Waals surface area contributed by atoms with Gasteiger partial charge in [-0.1, -0.05) is 37.6 Å². The molecule has 8 nitrogen and oxygen atoms in total. The van der Waals surface area contributed by atoms with Crippen LogP contribution in [0.3, 0.4) is 0 Å². The van der Waals surface area contributed by atoms with E-state index in [0.29, 0.717) is 18.5 Å². The second-order valence-corrected chi connectivity index (χ2v) is 13.6. The van der Waals surface area contributed by atoms with Crippen molar-refractivity contribution in [3.63, 3.8) is 0 Å². The third kappa shape index (κ3) is 3.68. The Morgan fingerprint density at radius 1 is 1.21 bits per heavy atom. The molecule has 42 heavy (non-hydrogen) atoms. The molecule has 2 aromatic rings. The van der Waals surface area contributed by atoms with Crippen LogP contribution >= 0.6 is 0 Å². The summed E-state index contributed by atoms with van der Waals surface area (Å²) >= 11 is 0. The molecule has 1 aromatic heterocycles. The van der Waals surface area contributed by atoms with E-state index in [2.05, 4.69) is 25.3 Å². The molecule has 2 heterocycles. The number of aliphatic hydroxyl groups excluding tert-OH is 2. The quantitative estimate of drug-likeness (QED) is 0.457. The number of hydrogen-bond acceptors (Lipinski definition) is 7. The van der Waals surface area contributed by atoms with Crippen LogP contribution in [-0.2, 0) is 19.1 Å². The van der Waals surface area contributed by atoms with Crippen LogP contribution in [0.25, 0.3) is 0 Å². The smallest absolute Gasteiger partial charge is 0.193 e. The Morgan fingerprint density at radius 3 is 2.71 bits per heavy atom. The van der Waals surface area contributed by atoms with Gasteiger partial charge in [-0.2, -0.15) is 0 Å². The molecule has 4 N–H and O–H groups in total. The molecule has 222 valence electrons. The predicted octanol–water partition coefficient (Wildman–Crippen LogP) is 4.28. The summed E-state index contributed by atoms with van der Waals surface area (Å²) in [6.45, 7) is 5.64. The third-order valence-corrected chi connectivity index (χ3v) is 11.7. The van der Waals surface area contributed by atoms with Crippen LogP contribution in [0, 0.1) is 28.6 Å². The van der Waals surface area contributed by atoms with Gasteiger partial charge < -0.3 is 30.0 Å². The van der Waals surface area contributed by atoms with Gasteiger partial charge in [0.15, 0.2) is 23.5 Å². The largest absolute Gasteiger partial charge is 0.399 e. The lowest BCUT2D eigenvalue weighted by Crippen LogP contribution is -2.63. The molecule has 0 spiro atoms. The molecular weight excluding hydrogens is 532 g/mol. The second kappa shape index (κ2) is 9.48. The number of rotatable bonds is 5. The minimum Gasteiger partial charge on any atom is -0.399 e. The molecule has 0 amide bonds. The van der Waals surface area contributed by atoms with E-state index in [9.17, 15) is 19.8 Å². The van der Waals surface area contributed by atoms with Gasteiger partial charge in [-0.15, -0.1) is 0 Å². The van der Waals surface area contributed by atoms with E-state index >= 15 is 0 Å². The summed E-state index contributed by atoms with van der Waals surface area (Å²) in [5.74, 6) is -0.263. The first kappa shape index (κ1) is 27.8. The number of ether oxygens (including phenoxy) is 2. The Balaban J connectivity index is 1.20. The van der Waals surface area contributed by atoms with Crippen LogP contribution in [0.2, 0.25) is 0 Å². The van der Waals surface area contributed by atoms with E-state index in [1.54, 1.807) is 12.2 Å². The van der Waals surface area contributed by atoms with Crippen LogP contribution in [0.5, 0.6) is 0 Å². The Morgan fingerprint density at radius 2 is 1.98 bits per heavy atom. The van der Waals surface area contributed by atoms with Crippen molar-refractivity contribution >= 4 is 17.3 Å².